The third kappa shape index (κ3) is 2.01. The molecule has 1 fully saturated rings. The van der Waals surface area contributed by atoms with Gasteiger partial charge in [-0.1, -0.05) is 13.8 Å². The Labute approximate surface area is 97.8 Å². The van der Waals surface area contributed by atoms with Crippen LogP contribution in [0.25, 0.3) is 0 Å². The Hall–Kier alpha value is -0.830. The summed E-state index contributed by atoms with van der Waals surface area (Å²) in [5.74, 6) is 0.551. The zero-order chi connectivity index (χ0) is 11.9. The molecular weight excluding hydrogens is 200 g/mol. The molecule has 1 aliphatic heterocycles. The fourth-order valence-corrected chi connectivity index (χ4v) is 2.72. The highest BCUT2D eigenvalue weighted by Gasteiger charge is 2.38. The lowest BCUT2D eigenvalue weighted by Gasteiger charge is -2.10. The van der Waals surface area contributed by atoms with Crippen LogP contribution >= 0.6 is 0 Å². The van der Waals surface area contributed by atoms with Crippen LogP contribution in [0.15, 0.2) is 0 Å². The maximum Gasteiger partial charge on any atom is 0.0847 e. The average molecular weight is 222 g/mol. The molecule has 0 N–H and O–H groups in total. The van der Waals surface area contributed by atoms with Crippen molar-refractivity contribution in [1.82, 2.24) is 9.78 Å². The summed E-state index contributed by atoms with van der Waals surface area (Å²) in [5, 5.41) is 4.47. The molecule has 2 heterocycles. The number of ether oxygens (including phenoxy) is 1. The minimum Gasteiger partial charge on any atom is -0.370 e. The van der Waals surface area contributed by atoms with Gasteiger partial charge in [0.2, 0.25) is 0 Å². The summed E-state index contributed by atoms with van der Waals surface area (Å²) in [4.78, 5) is 0. The Morgan fingerprint density at radius 1 is 1.38 bits per heavy atom. The molecule has 1 aliphatic rings. The molecule has 0 radical (unpaired) electrons. The fraction of sp³-hybridized carbons (Fsp3) is 0.769. The molecule has 3 nitrogen and oxygen atoms in total. The van der Waals surface area contributed by atoms with Gasteiger partial charge in [0.05, 0.1) is 17.9 Å². The molecule has 90 valence electrons. The zero-order valence-electron chi connectivity index (χ0n) is 10.9. The Bertz CT molecular complexity index is 384. The maximum absolute atomic E-state index is 5.62. The van der Waals surface area contributed by atoms with Crippen molar-refractivity contribution < 1.29 is 4.74 Å². The van der Waals surface area contributed by atoms with E-state index < -0.39 is 0 Å². The predicted molar refractivity (Wildman–Crippen MR) is 64.7 cm³/mol. The van der Waals surface area contributed by atoms with Crippen molar-refractivity contribution in [2.45, 2.75) is 58.7 Å². The van der Waals surface area contributed by atoms with Crippen molar-refractivity contribution in [3.8, 4) is 0 Å². The molecule has 0 aliphatic carbocycles. The van der Waals surface area contributed by atoms with E-state index in [1.165, 1.54) is 17.0 Å². The van der Waals surface area contributed by atoms with E-state index in [9.17, 15) is 0 Å². The summed E-state index contributed by atoms with van der Waals surface area (Å²) in [6.07, 6.45) is 3.27. The lowest BCUT2D eigenvalue weighted by molar-refractivity contribution is 0.352. The Balaban J connectivity index is 2.06. The molecule has 3 unspecified atom stereocenters. The van der Waals surface area contributed by atoms with Crippen LogP contribution in [-0.4, -0.2) is 22.0 Å². The lowest BCUT2D eigenvalue weighted by atomic mass is 9.93. The lowest BCUT2D eigenvalue weighted by Crippen LogP contribution is -2.03. The van der Waals surface area contributed by atoms with E-state index >= 15 is 0 Å². The molecule has 16 heavy (non-hydrogen) atoms. The number of aromatic nitrogens is 2. The van der Waals surface area contributed by atoms with Crippen LogP contribution in [0.3, 0.4) is 0 Å². The molecule has 0 spiro atoms. The quantitative estimate of drug-likeness (QED) is 0.733. The minimum atomic E-state index is 0.485. The third-order valence-corrected chi connectivity index (χ3v) is 3.73. The van der Waals surface area contributed by atoms with Crippen molar-refractivity contribution in [2.24, 2.45) is 7.05 Å². The average Bonchev–Trinajstić information content (AvgIpc) is 2.90. The third-order valence-electron chi connectivity index (χ3n) is 3.73. The van der Waals surface area contributed by atoms with Crippen molar-refractivity contribution in [3.63, 3.8) is 0 Å². The number of hydrogen-bond donors (Lipinski definition) is 0. The first kappa shape index (κ1) is 11.6. The van der Waals surface area contributed by atoms with Crippen LogP contribution < -0.4 is 0 Å². The molecule has 1 aromatic heterocycles. The second-order valence-electron chi connectivity index (χ2n) is 4.97. The van der Waals surface area contributed by atoms with E-state index in [0.717, 1.165) is 12.8 Å². The van der Waals surface area contributed by atoms with E-state index in [-0.39, 0.29) is 0 Å². The topological polar surface area (TPSA) is 30.4 Å². The highest BCUT2D eigenvalue weighted by Crippen LogP contribution is 2.36. The predicted octanol–water partition coefficient (Wildman–Crippen LogP) is 2.71. The van der Waals surface area contributed by atoms with Crippen molar-refractivity contribution in [2.75, 3.05) is 0 Å². The van der Waals surface area contributed by atoms with E-state index in [0.29, 0.717) is 18.1 Å². The van der Waals surface area contributed by atoms with Gasteiger partial charge in [-0.25, -0.2) is 0 Å². The summed E-state index contributed by atoms with van der Waals surface area (Å²) in [5.41, 5.74) is 3.87. The first-order valence-electron chi connectivity index (χ1n) is 6.20. The minimum absolute atomic E-state index is 0.485. The highest BCUT2D eigenvalue weighted by molar-refractivity contribution is 5.28. The molecular formula is C13H22N2O. The molecule has 0 aromatic carbocycles. The smallest absolute Gasteiger partial charge is 0.0847 e. The second kappa shape index (κ2) is 4.21. The van der Waals surface area contributed by atoms with Crippen LogP contribution in [0.5, 0.6) is 0 Å². The van der Waals surface area contributed by atoms with E-state index in [4.69, 9.17) is 4.74 Å². The molecule has 0 saturated carbocycles. The summed E-state index contributed by atoms with van der Waals surface area (Å²) in [7, 11) is 2.01. The van der Waals surface area contributed by atoms with Gasteiger partial charge < -0.3 is 4.74 Å². The van der Waals surface area contributed by atoms with Crippen LogP contribution in [0.1, 0.15) is 49.6 Å². The fourth-order valence-electron chi connectivity index (χ4n) is 2.72. The summed E-state index contributed by atoms with van der Waals surface area (Å²) in [6, 6.07) is 0. The van der Waals surface area contributed by atoms with Crippen molar-refractivity contribution in [1.29, 1.82) is 0 Å². The SMILES string of the molecule is CCC1OC1CC(C)c1c(C)nn(C)c1C. The molecule has 2 rings (SSSR count). The number of hydrogen-bond acceptors (Lipinski definition) is 2. The number of aryl methyl sites for hydroxylation is 2. The second-order valence-corrected chi connectivity index (χ2v) is 4.97. The maximum atomic E-state index is 5.62. The van der Waals surface area contributed by atoms with Crippen LogP contribution in [0.4, 0.5) is 0 Å². The normalized spacial score (nSPS) is 25.8. The molecule has 1 saturated heterocycles. The van der Waals surface area contributed by atoms with Gasteiger partial charge in [0.25, 0.3) is 0 Å². The summed E-state index contributed by atoms with van der Waals surface area (Å²) < 4.78 is 7.60. The standard InChI is InChI=1S/C13H22N2O/c1-6-11-12(16-11)7-8(2)13-9(3)14-15(5)10(13)4/h8,11-12H,6-7H2,1-5H3. The van der Waals surface area contributed by atoms with Gasteiger partial charge in [0, 0.05) is 12.7 Å². The van der Waals surface area contributed by atoms with Crippen LogP contribution in [-0.2, 0) is 11.8 Å². The van der Waals surface area contributed by atoms with Gasteiger partial charge in [-0.3, -0.25) is 4.68 Å². The highest BCUT2D eigenvalue weighted by atomic mass is 16.6. The van der Waals surface area contributed by atoms with E-state index in [1.54, 1.807) is 0 Å². The van der Waals surface area contributed by atoms with Gasteiger partial charge in [-0.15, -0.1) is 0 Å². The molecule has 3 heteroatoms. The van der Waals surface area contributed by atoms with Gasteiger partial charge in [0.1, 0.15) is 0 Å². The first-order chi connectivity index (χ1) is 7.54. The summed E-state index contributed by atoms with van der Waals surface area (Å²) in [6.45, 7) is 8.72. The van der Waals surface area contributed by atoms with Gasteiger partial charge in [-0.05, 0) is 38.2 Å². The molecule has 1 aromatic rings. The molecule has 0 amide bonds. The van der Waals surface area contributed by atoms with Crippen molar-refractivity contribution in [3.05, 3.63) is 17.0 Å². The Morgan fingerprint density at radius 3 is 2.50 bits per heavy atom. The Morgan fingerprint density at radius 2 is 2.06 bits per heavy atom. The van der Waals surface area contributed by atoms with Gasteiger partial charge >= 0.3 is 0 Å². The van der Waals surface area contributed by atoms with Crippen molar-refractivity contribution >= 4 is 0 Å². The molecule has 3 atom stereocenters. The number of rotatable bonds is 4. The monoisotopic (exact) mass is 222 g/mol. The van der Waals surface area contributed by atoms with Gasteiger partial charge in [-0.2, -0.15) is 5.10 Å². The number of nitrogens with zero attached hydrogens (tertiary/aromatic N) is 2. The van der Waals surface area contributed by atoms with E-state index in [2.05, 4.69) is 32.8 Å². The number of epoxide rings is 1. The molecule has 0 bridgehead atoms. The first-order valence-corrected chi connectivity index (χ1v) is 6.20. The Kier molecular flexibility index (Phi) is 3.06. The van der Waals surface area contributed by atoms with Gasteiger partial charge in [0.15, 0.2) is 0 Å². The summed E-state index contributed by atoms with van der Waals surface area (Å²) >= 11 is 0. The zero-order valence-corrected chi connectivity index (χ0v) is 10.9. The van der Waals surface area contributed by atoms with Crippen LogP contribution in [0, 0.1) is 13.8 Å². The van der Waals surface area contributed by atoms with Crippen LogP contribution in [0.2, 0.25) is 0 Å². The van der Waals surface area contributed by atoms with E-state index in [1.807, 2.05) is 11.7 Å². The largest absolute Gasteiger partial charge is 0.370 e.